The molecule has 0 bridgehead atoms. The van der Waals surface area contributed by atoms with Crippen LogP contribution in [0.2, 0.25) is 0 Å². The molecule has 2 rings (SSSR count). The summed E-state index contributed by atoms with van der Waals surface area (Å²) in [4.78, 5) is 14.0. The molecule has 1 aromatic heterocycles. The third-order valence-corrected chi connectivity index (χ3v) is 2.52. The number of ether oxygens (including phenoxy) is 1. The second kappa shape index (κ2) is 5.49. The first-order chi connectivity index (χ1) is 9.51. The third-order valence-electron chi connectivity index (χ3n) is 2.52. The number of nitro groups is 1. The van der Waals surface area contributed by atoms with Gasteiger partial charge in [-0.05, 0) is 18.6 Å². The van der Waals surface area contributed by atoms with E-state index in [0.29, 0.717) is 5.56 Å². The summed E-state index contributed by atoms with van der Waals surface area (Å²) in [7, 11) is 0. The van der Waals surface area contributed by atoms with Crippen LogP contribution < -0.4 is 16.0 Å². The largest absolute Gasteiger partial charge is 0.436 e. The van der Waals surface area contributed by atoms with Gasteiger partial charge in [-0.15, -0.1) is 0 Å². The van der Waals surface area contributed by atoms with Crippen LogP contribution in [0.4, 0.5) is 15.9 Å². The van der Waals surface area contributed by atoms with E-state index in [1.807, 2.05) is 0 Å². The summed E-state index contributed by atoms with van der Waals surface area (Å²) in [5, 5.41) is 10.8. The second-order valence-corrected chi connectivity index (χ2v) is 3.94. The van der Waals surface area contributed by atoms with Crippen LogP contribution in [0.25, 0.3) is 0 Å². The minimum Gasteiger partial charge on any atom is -0.436 e. The topological polar surface area (TPSA) is 103 Å². The lowest BCUT2D eigenvalue weighted by Crippen LogP contribution is -2.09. The zero-order valence-electron chi connectivity index (χ0n) is 10.5. The summed E-state index contributed by atoms with van der Waals surface area (Å²) in [5.74, 6) is 4.46. The van der Waals surface area contributed by atoms with E-state index in [2.05, 4.69) is 10.4 Å². The fourth-order valence-corrected chi connectivity index (χ4v) is 1.54. The predicted octanol–water partition coefficient (Wildman–Crippen LogP) is 2.52. The highest BCUT2D eigenvalue weighted by Crippen LogP contribution is 2.28. The zero-order valence-corrected chi connectivity index (χ0v) is 10.5. The van der Waals surface area contributed by atoms with Gasteiger partial charge in [-0.3, -0.25) is 10.1 Å². The standard InChI is InChI=1S/C12H11FN4O3/c1-7-3-2-4-9(12(7)13)20-11-6-8(17(18)19)5-10(15-11)16-14/h2-6H,14H2,1H3,(H,15,16). The highest BCUT2D eigenvalue weighted by molar-refractivity contribution is 5.48. The summed E-state index contributed by atoms with van der Waals surface area (Å²) >= 11 is 0. The lowest BCUT2D eigenvalue weighted by molar-refractivity contribution is -0.384. The van der Waals surface area contributed by atoms with Gasteiger partial charge in [-0.2, -0.15) is 4.98 Å². The van der Waals surface area contributed by atoms with E-state index in [1.54, 1.807) is 19.1 Å². The first kappa shape index (κ1) is 13.7. The summed E-state index contributed by atoms with van der Waals surface area (Å²) in [6.45, 7) is 1.58. The van der Waals surface area contributed by atoms with Gasteiger partial charge in [0.2, 0.25) is 5.88 Å². The maximum Gasteiger partial charge on any atom is 0.278 e. The number of rotatable bonds is 4. The number of benzene rings is 1. The van der Waals surface area contributed by atoms with Gasteiger partial charge in [0.25, 0.3) is 5.69 Å². The molecule has 0 atom stereocenters. The molecule has 3 N–H and O–H groups in total. The lowest BCUT2D eigenvalue weighted by Gasteiger charge is -2.08. The monoisotopic (exact) mass is 278 g/mol. The van der Waals surface area contributed by atoms with Crippen molar-refractivity contribution in [2.24, 2.45) is 5.84 Å². The molecule has 0 saturated heterocycles. The van der Waals surface area contributed by atoms with Crippen molar-refractivity contribution in [3.63, 3.8) is 0 Å². The second-order valence-electron chi connectivity index (χ2n) is 3.94. The number of aromatic nitrogens is 1. The van der Waals surface area contributed by atoms with Gasteiger partial charge in [0.15, 0.2) is 17.4 Å². The van der Waals surface area contributed by atoms with Gasteiger partial charge in [0.05, 0.1) is 17.1 Å². The first-order valence-electron chi connectivity index (χ1n) is 5.57. The van der Waals surface area contributed by atoms with Crippen molar-refractivity contribution >= 4 is 11.5 Å². The summed E-state index contributed by atoms with van der Waals surface area (Å²) in [6, 6.07) is 6.81. The normalized spacial score (nSPS) is 10.2. The SMILES string of the molecule is Cc1cccc(Oc2cc([N+](=O)[O-])cc(NN)n2)c1F. The van der Waals surface area contributed by atoms with Crippen molar-refractivity contribution in [3.05, 3.63) is 51.8 Å². The molecule has 20 heavy (non-hydrogen) atoms. The molecular weight excluding hydrogens is 267 g/mol. The number of halogens is 1. The van der Waals surface area contributed by atoms with Crippen LogP contribution in [-0.2, 0) is 0 Å². The van der Waals surface area contributed by atoms with E-state index in [-0.39, 0.29) is 23.1 Å². The van der Waals surface area contributed by atoms with Gasteiger partial charge >= 0.3 is 0 Å². The Morgan fingerprint density at radius 3 is 2.85 bits per heavy atom. The Bertz CT molecular complexity index is 663. The van der Waals surface area contributed by atoms with Crippen LogP contribution in [-0.4, -0.2) is 9.91 Å². The number of nitrogen functional groups attached to an aromatic ring is 1. The molecule has 1 aromatic carbocycles. The number of hydrazine groups is 1. The number of hydrogen-bond acceptors (Lipinski definition) is 6. The fourth-order valence-electron chi connectivity index (χ4n) is 1.54. The Morgan fingerprint density at radius 2 is 2.20 bits per heavy atom. The van der Waals surface area contributed by atoms with Crippen LogP contribution in [0.1, 0.15) is 5.56 Å². The van der Waals surface area contributed by atoms with Gasteiger partial charge in [0.1, 0.15) is 0 Å². The highest BCUT2D eigenvalue weighted by Gasteiger charge is 2.14. The summed E-state index contributed by atoms with van der Waals surface area (Å²) in [5.41, 5.74) is 2.31. The molecule has 0 aliphatic heterocycles. The molecule has 0 saturated carbocycles. The van der Waals surface area contributed by atoms with Crippen LogP contribution in [0.3, 0.4) is 0 Å². The molecule has 104 valence electrons. The number of pyridine rings is 1. The van der Waals surface area contributed by atoms with Crippen molar-refractivity contribution in [2.45, 2.75) is 6.92 Å². The van der Waals surface area contributed by atoms with Crippen LogP contribution in [0.15, 0.2) is 30.3 Å². The Morgan fingerprint density at radius 1 is 1.45 bits per heavy atom. The smallest absolute Gasteiger partial charge is 0.278 e. The molecule has 0 aliphatic rings. The van der Waals surface area contributed by atoms with Crippen molar-refractivity contribution in [3.8, 4) is 11.6 Å². The molecule has 7 nitrogen and oxygen atoms in total. The Labute approximate surface area is 113 Å². The molecule has 0 radical (unpaired) electrons. The quantitative estimate of drug-likeness (QED) is 0.506. The Kier molecular flexibility index (Phi) is 3.76. The number of aryl methyl sites for hydroxylation is 1. The summed E-state index contributed by atoms with van der Waals surface area (Å²) in [6.07, 6.45) is 0. The van der Waals surface area contributed by atoms with E-state index < -0.39 is 10.7 Å². The number of nitrogens with two attached hydrogens (primary N) is 1. The average Bonchev–Trinajstić information content (AvgIpc) is 2.43. The number of nitrogens with one attached hydrogen (secondary N) is 1. The van der Waals surface area contributed by atoms with Gasteiger partial charge in [0, 0.05) is 0 Å². The lowest BCUT2D eigenvalue weighted by atomic mass is 10.2. The van der Waals surface area contributed by atoms with E-state index in [0.717, 1.165) is 12.1 Å². The number of nitrogens with zero attached hydrogens (tertiary/aromatic N) is 2. The van der Waals surface area contributed by atoms with Gasteiger partial charge in [-0.25, -0.2) is 10.2 Å². The molecule has 0 amide bonds. The van der Waals surface area contributed by atoms with E-state index in [1.165, 1.54) is 6.07 Å². The molecule has 0 spiro atoms. The fraction of sp³-hybridized carbons (Fsp3) is 0.0833. The molecule has 8 heteroatoms. The third kappa shape index (κ3) is 2.81. The maximum atomic E-state index is 13.8. The minimum absolute atomic E-state index is 0.0438. The summed E-state index contributed by atoms with van der Waals surface area (Å²) < 4.78 is 19.0. The number of anilines is 1. The highest BCUT2D eigenvalue weighted by atomic mass is 19.1. The van der Waals surface area contributed by atoms with Gasteiger partial charge < -0.3 is 10.2 Å². The van der Waals surface area contributed by atoms with Gasteiger partial charge in [-0.1, -0.05) is 12.1 Å². The molecule has 0 fully saturated rings. The molecule has 1 heterocycles. The molecule has 0 aliphatic carbocycles. The maximum absolute atomic E-state index is 13.8. The minimum atomic E-state index is -0.623. The van der Waals surface area contributed by atoms with Crippen molar-refractivity contribution in [1.82, 2.24) is 4.98 Å². The van der Waals surface area contributed by atoms with E-state index in [4.69, 9.17) is 10.6 Å². The Hall–Kier alpha value is -2.74. The van der Waals surface area contributed by atoms with Crippen LogP contribution >= 0.6 is 0 Å². The average molecular weight is 278 g/mol. The number of hydrogen-bond donors (Lipinski definition) is 2. The van der Waals surface area contributed by atoms with E-state index >= 15 is 0 Å². The zero-order chi connectivity index (χ0) is 14.7. The Balaban J connectivity index is 2.40. The van der Waals surface area contributed by atoms with Crippen molar-refractivity contribution < 1.29 is 14.1 Å². The van der Waals surface area contributed by atoms with E-state index in [9.17, 15) is 14.5 Å². The van der Waals surface area contributed by atoms with Crippen LogP contribution in [0.5, 0.6) is 11.6 Å². The van der Waals surface area contributed by atoms with Crippen molar-refractivity contribution in [1.29, 1.82) is 0 Å². The first-order valence-corrected chi connectivity index (χ1v) is 5.57. The molecule has 0 unspecified atom stereocenters. The molecule has 2 aromatic rings. The van der Waals surface area contributed by atoms with Crippen molar-refractivity contribution in [2.75, 3.05) is 5.43 Å². The predicted molar refractivity (Wildman–Crippen MR) is 69.9 cm³/mol. The molecular formula is C12H11FN4O3. The van der Waals surface area contributed by atoms with Crippen LogP contribution in [0, 0.1) is 22.9 Å².